The van der Waals surface area contributed by atoms with E-state index in [-0.39, 0.29) is 47.7 Å². The van der Waals surface area contributed by atoms with Crippen molar-refractivity contribution in [2.75, 3.05) is 6.54 Å². The first-order chi connectivity index (χ1) is 16.8. The second-order valence-electron chi connectivity index (χ2n) is 14.4. The fourth-order valence-electron chi connectivity index (χ4n) is 6.48. The summed E-state index contributed by atoms with van der Waals surface area (Å²) in [5.41, 5.74) is 4.35. The molecule has 3 amide bonds. The number of nitrogens with one attached hydrogen (secondary N) is 1. The van der Waals surface area contributed by atoms with Crippen LogP contribution in [-0.4, -0.2) is 52.3 Å². The van der Waals surface area contributed by atoms with Crippen LogP contribution in [0, 0.1) is 40.4 Å². The lowest BCUT2D eigenvalue weighted by molar-refractivity contribution is -0.148. The van der Waals surface area contributed by atoms with Crippen LogP contribution in [0.15, 0.2) is 0 Å². The van der Waals surface area contributed by atoms with Crippen LogP contribution >= 0.6 is 0 Å². The number of fused-ring (bicyclic) bond motifs is 1. The van der Waals surface area contributed by atoms with E-state index in [1.165, 1.54) is 0 Å². The van der Waals surface area contributed by atoms with E-state index in [2.05, 4.69) is 19.2 Å². The first kappa shape index (κ1) is 29.3. The maximum absolute atomic E-state index is 14.0. The van der Waals surface area contributed by atoms with Crippen LogP contribution in [0.4, 0.5) is 0 Å². The van der Waals surface area contributed by atoms with Crippen LogP contribution in [0.5, 0.6) is 0 Å². The molecule has 0 aromatic rings. The highest BCUT2D eigenvalue weighted by Gasteiger charge is 2.69. The van der Waals surface area contributed by atoms with Gasteiger partial charge in [0, 0.05) is 30.8 Å². The van der Waals surface area contributed by atoms with E-state index in [0.29, 0.717) is 18.9 Å². The molecule has 208 valence electrons. The maximum Gasteiger partial charge on any atom is 0.285 e. The summed E-state index contributed by atoms with van der Waals surface area (Å²) in [6.45, 7) is 16.2. The molecule has 37 heavy (non-hydrogen) atoms. The van der Waals surface area contributed by atoms with Gasteiger partial charge in [-0.2, -0.15) is 0 Å². The van der Waals surface area contributed by atoms with Gasteiger partial charge in [-0.1, -0.05) is 53.9 Å². The van der Waals surface area contributed by atoms with Gasteiger partial charge in [0.25, 0.3) is 5.91 Å². The number of amides is 3. The normalized spacial score (nSPS) is 26.5. The predicted molar refractivity (Wildman–Crippen MR) is 141 cm³/mol. The molecular weight excluding hydrogens is 470 g/mol. The zero-order valence-corrected chi connectivity index (χ0v) is 24.0. The molecule has 0 radical (unpaired) electrons. The summed E-state index contributed by atoms with van der Waals surface area (Å²) in [5.74, 6) is -3.01. The Hall–Kier alpha value is -2.25. The molecule has 3 fully saturated rings. The number of hydrogen-bond acceptors (Lipinski definition) is 5. The maximum atomic E-state index is 14.0. The van der Waals surface area contributed by atoms with Gasteiger partial charge in [0.15, 0.2) is 5.78 Å². The topological polar surface area (TPSA) is 127 Å². The summed E-state index contributed by atoms with van der Waals surface area (Å²) in [6, 6.07) is -0.646. The lowest BCUT2D eigenvalue weighted by Crippen LogP contribution is -2.52. The van der Waals surface area contributed by atoms with Gasteiger partial charge in [-0.05, 0) is 55.8 Å². The Kier molecular flexibility index (Phi) is 8.03. The number of Topliss-reactive ketones (excluding diaryl/α,β-unsaturated/α-hetero) is 2. The van der Waals surface area contributed by atoms with Gasteiger partial charge in [0.1, 0.15) is 0 Å². The molecule has 2 unspecified atom stereocenters. The highest BCUT2D eigenvalue weighted by molar-refractivity contribution is 6.36. The van der Waals surface area contributed by atoms with Crippen molar-refractivity contribution in [1.82, 2.24) is 10.2 Å². The molecule has 2 saturated carbocycles. The van der Waals surface area contributed by atoms with Crippen molar-refractivity contribution in [2.24, 2.45) is 46.2 Å². The van der Waals surface area contributed by atoms with Gasteiger partial charge < -0.3 is 16.0 Å². The summed E-state index contributed by atoms with van der Waals surface area (Å²) >= 11 is 0. The van der Waals surface area contributed by atoms with Crippen LogP contribution in [0.2, 0.25) is 0 Å². The summed E-state index contributed by atoms with van der Waals surface area (Å²) in [4.78, 5) is 66.7. The summed E-state index contributed by atoms with van der Waals surface area (Å²) in [5, 5.41) is 2.95. The number of rotatable bonds is 10. The number of piperidine rings is 1. The molecule has 8 nitrogen and oxygen atoms in total. The molecule has 2 aliphatic carbocycles. The van der Waals surface area contributed by atoms with Gasteiger partial charge in [-0.3, -0.25) is 24.0 Å². The average Bonchev–Trinajstić information content (AvgIpc) is 3.06. The molecule has 3 rings (SSSR count). The van der Waals surface area contributed by atoms with Crippen LogP contribution in [0.3, 0.4) is 0 Å². The Morgan fingerprint density at radius 1 is 1.00 bits per heavy atom. The smallest absolute Gasteiger partial charge is 0.285 e. The second kappa shape index (κ2) is 10.1. The number of primary amides is 1. The monoisotopic (exact) mass is 517 g/mol. The first-order valence-electron chi connectivity index (χ1n) is 13.8. The highest BCUT2D eigenvalue weighted by atomic mass is 16.2. The minimum Gasteiger partial charge on any atom is -0.363 e. The molecule has 0 bridgehead atoms. The molecule has 1 aliphatic heterocycles. The number of carbonyl (C=O) groups is 5. The minimum atomic E-state index is -1.00. The van der Waals surface area contributed by atoms with E-state index in [0.717, 1.165) is 19.3 Å². The molecule has 3 aliphatic rings. The molecule has 0 spiro atoms. The van der Waals surface area contributed by atoms with Crippen molar-refractivity contribution in [3.05, 3.63) is 0 Å². The summed E-state index contributed by atoms with van der Waals surface area (Å²) < 4.78 is 0. The number of nitrogens with two attached hydrogens (primary N) is 1. The van der Waals surface area contributed by atoms with E-state index in [1.807, 2.05) is 41.5 Å². The third kappa shape index (κ3) is 6.43. The van der Waals surface area contributed by atoms with Crippen molar-refractivity contribution in [2.45, 2.75) is 105 Å². The number of hydrogen-bond donors (Lipinski definition) is 2. The SMILES string of the molecule is CC(C)(C)NC(=O)C[C@H](C(=O)N1CC2[C@@H]([C@H]1C(=O)CC(CC1CCC1)C(=O)C(N)=O)C2(C)C)C(C)(C)C. The highest BCUT2D eigenvalue weighted by Crippen LogP contribution is 2.65. The Morgan fingerprint density at radius 2 is 1.59 bits per heavy atom. The van der Waals surface area contributed by atoms with Crippen molar-refractivity contribution >= 4 is 29.3 Å². The summed E-state index contributed by atoms with van der Waals surface area (Å²) in [6.07, 6.45) is 3.54. The van der Waals surface area contributed by atoms with Crippen molar-refractivity contribution in [1.29, 1.82) is 0 Å². The van der Waals surface area contributed by atoms with Crippen LogP contribution in [-0.2, 0) is 24.0 Å². The largest absolute Gasteiger partial charge is 0.363 e. The van der Waals surface area contributed by atoms with E-state index in [9.17, 15) is 24.0 Å². The second-order valence-corrected chi connectivity index (χ2v) is 14.4. The van der Waals surface area contributed by atoms with E-state index >= 15 is 0 Å². The lowest BCUT2D eigenvalue weighted by atomic mass is 9.75. The van der Waals surface area contributed by atoms with Gasteiger partial charge in [0.2, 0.25) is 17.6 Å². The number of likely N-dealkylation sites (tertiary alicyclic amines) is 1. The number of nitrogens with zero attached hydrogens (tertiary/aromatic N) is 1. The van der Waals surface area contributed by atoms with Gasteiger partial charge >= 0.3 is 0 Å². The molecular formula is C29H47N3O5. The quantitative estimate of drug-likeness (QED) is 0.430. The zero-order chi connectivity index (χ0) is 28.1. The third-order valence-corrected chi connectivity index (χ3v) is 8.97. The van der Waals surface area contributed by atoms with E-state index in [4.69, 9.17) is 5.73 Å². The average molecular weight is 518 g/mol. The van der Waals surface area contributed by atoms with E-state index in [1.54, 1.807) is 4.90 Å². The zero-order valence-electron chi connectivity index (χ0n) is 24.0. The molecule has 0 aromatic heterocycles. The first-order valence-corrected chi connectivity index (χ1v) is 13.8. The summed E-state index contributed by atoms with van der Waals surface area (Å²) in [7, 11) is 0. The Morgan fingerprint density at radius 3 is 2.05 bits per heavy atom. The molecule has 1 heterocycles. The van der Waals surface area contributed by atoms with Crippen LogP contribution < -0.4 is 11.1 Å². The van der Waals surface area contributed by atoms with Gasteiger partial charge in [-0.15, -0.1) is 0 Å². The van der Waals surface area contributed by atoms with Gasteiger partial charge in [-0.25, -0.2) is 0 Å². The Balaban J connectivity index is 1.83. The van der Waals surface area contributed by atoms with Crippen LogP contribution in [0.1, 0.15) is 93.9 Å². The Labute approximate surface area is 221 Å². The lowest BCUT2D eigenvalue weighted by Gasteiger charge is -2.38. The molecule has 1 saturated heterocycles. The fourth-order valence-corrected chi connectivity index (χ4v) is 6.48. The molecule has 0 aromatic carbocycles. The van der Waals surface area contributed by atoms with Gasteiger partial charge in [0.05, 0.1) is 12.0 Å². The van der Waals surface area contributed by atoms with Crippen LogP contribution in [0.25, 0.3) is 0 Å². The van der Waals surface area contributed by atoms with Crippen molar-refractivity contribution in [3.63, 3.8) is 0 Å². The number of carbonyl (C=O) groups excluding carboxylic acids is 5. The number of ketones is 2. The Bertz CT molecular complexity index is 954. The van der Waals surface area contributed by atoms with Crippen molar-refractivity contribution in [3.8, 4) is 0 Å². The molecule has 5 atom stereocenters. The minimum absolute atomic E-state index is 0.0148. The fraction of sp³-hybridized carbons (Fsp3) is 0.828. The standard InChI is InChI=1S/C29H47N3O5/c1-27(2,3)18(14-21(34)31-28(4,5)6)26(37)32-15-19-22(29(19,7)8)23(32)20(33)13-17(24(35)25(30)36)12-16-10-9-11-16/h16-19,22-23H,9-15H2,1-8H3,(H2,30,36)(H,31,34)/t17?,18-,19?,22+,23-/m1/s1. The third-order valence-electron chi connectivity index (χ3n) is 8.97. The van der Waals surface area contributed by atoms with Crippen molar-refractivity contribution < 1.29 is 24.0 Å². The van der Waals surface area contributed by atoms with E-state index < -0.39 is 40.5 Å². The predicted octanol–water partition coefficient (Wildman–Crippen LogP) is 3.26. The molecule has 3 N–H and O–H groups in total. The molecule has 8 heteroatoms.